The van der Waals surface area contributed by atoms with Gasteiger partial charge in [0.1, 0.15) is 11.4 Å². The number of halogens is 4. The van der Waals surface area contributed by atoms with Crippen molar-refractivity contribution in [2.24, 2.45) is 0 Å². The molecule has 1 saturated heterocycles. The van der Waals surface area contributed by atoms with Crippen LogP contribution in [-0.2, 0) is 21.1 Å². The standard InChI is InChI=1S/C24H29F4N3O3S/c1-15-7-5-8-16(13-15)18-10-6-9-17(21(18)25)14-20-19(30-35(29,33)24(26,27)28)11-12-31(20)22(32)34-23(2,3)4/h5-10,13,19-20H,11-12,14H2,1-4H3,(H2,29,30,33)/t19-,20-,35?/m0/s1/i1D3. The van der Waals surface area contributed by atoms with Gasteiger partial charge in [0.25, 0.3) is 0 Å². The smallest absolute Gasteiger partial charge is 0.444 e. The maximum atomic E-state index is 15.7. The summed E-state index contributed by atoms with van der Waals surface area (Å²) >= 11 is 0. The zero-order valence-corrected chi connectivity index (χ0v) is 20.2. The maximum Gasteiger partial charge on any atom is 0.492 e. The minimum Gasteiger partial charge on any atom is -0.444 e. The molecule has 1 aliphatic heterocycles. The van der Waals surface area contributed by atoms with E-state index in [1.807, 2.05) is 4.72 Å². The molecule has 35 heavy (non-hydrogen) atoms. The van der Waals surface area contributed by atoms with E-state index in [4.69, 9.17) is 13.6 Å². The molecule has 1 heterocycles. The number of carbonyl (C=O) groups is 1. The highest BCUT2D eigenvalue weighted by Crippen LogP contribution is 2.31. The molecule has 3 rings (SSSR count). The molecular weight excluding hydrogens is 486 g/mol. The molecule has 3 atom stereocenters. The molecule has 1 amide bonds. The molecule has 6 nitrogen and oxygen atoms in total. The minimum absolute atomic E-state index is 0.00770. The fourth-order valence-corrected chi connectivity index (χ4v) is 4.78. The largest absolute Gasteiger partial charge is 0.492 e. The average molecular weight is 519 g/mol. The molecule has 11 heteroatoms. The van der Waals surface area contributed by atoms with Gasteiger partial charge in [-0.1, -0.05) is 48.0 Å². The number of carbonyl (C=O) groups excluding carboxylic acids is 1. The normalized spacial score (nSPS) is 22.1. The lowest BCUT2D eigenvalue weighted by Crippen LogP contribution is -2.51. The number of amides is 1. The monoisotopic (exact) mass is 518 g/mol. The second-order valence-corrected chi connectivity index (χ2v) is 11.1. The van der Waals surface area contributed by atoms with Crippen LogP contribution in [0, 0.1) is 17.4 Å². The molecule has 0 saturated carbocycles. The molecule has 2 N–H and O–H groups in total. The van der Waals surface area contributed by atoms with Crippen molar-refractivity contribution in [1.82, 2.24) is 9.62 Å². The first-order valence-electron chi connectivity index (χ1n) is 12.3. The highest BCUT2D eigenvalue weighted by molar-refractivity contribution is 7.91. The summed E-state index contributed by atoms with van der Waals surface area (Å²) in [5, 5.41) is 0. The van der Waals surface area contributed by atoms with E-state index in [2.05, 4.69) is 0 Å². The Hall–Kier alpha value is -2.66. The number of ether oxygens (including phenoxy) is 1. The molecule has 192 valence electrons. The highest BCUT2D eigenvalue weighted by atomic mass is 32.2. The Morgan fingerprint density at radius 3 is 2.57 bits per heavy atom. The number of aryl methyl sites for hydroxylation is 1. The Morgan fingerprint density at radius 2 is 1.94 bits per heavy atom. The predicted octanol–water partition coefficient (Wildman–Crippen LogP) is 5.79. The van der Waals surface area contributed by atoms with Crippen molar-refractivity contribution >= 4 is 16.0 Å². The van der Waals surface area contributed by atoms with Crippen LogP contribution >= 0.6 is 0 Å². The van der Waals surface area contributed by atoms with E-state index in [0.717, 1.165) is 4.90 Å². The van der Waals surface area contributed by atoms with Crippen molar-refractivity contribution in [2.45, 2.75) is 63.7 Å². The summed E-state index contributed by atoms with van der Waals surface area (Å²) in [6.07, 6.45) is -1.18. The number of hydrogen-bond donors (Lipinski definition) is 2. The van der Waals surface area contributed by atoms with Crippen molar-refractivity contribution in [2.75, 3.05) is 6.54 Å². The lowest BCUT2D eigenvalue weighted by atomic mass is 9.95. The number of alkyl halides is 3. The van der Waals surface area contributed by atoms with Crippen LogP contribution in [0.1, 0.15) is 42.4 Å². The van der Waals surface area contributed by atoms with Crippen molar-refractivity contribution in [3.63, 3.8) is 0 Å². The minimum atomic E-state index is -5.35. The van der Waals surface area contributed by atoms with Gasteiger partial charge in [-0.3, -0.25) is 0 Å². The molecule has 0 spiro atoms. The molecular formula is C24H29F4N3O3S. The van der Waals surface area contributed by atoms with Gasteiger partial charge < -0.3 is 9.64 Å². The summed E-state index contributed by atoms with van der Waals surface area (Å²) in [7, 11) is -5.25. The van der Waals surface area contributed by atoms with Gasteiger partial charge in [-0.15, -0.1) is 0 Å². The zero-order valence-electron chi connectivity index (χ0n) is 22.4. The van der Waals surface area contributed by atoms with Crippen LogP contribution in [0.25, 0.3) is 11.1 Å². The van der Waals surface area contributed by atoms with Gasteiger partial charge in [-0.2, -0.15) is 13.2 Å². The zero-order chi connectivity index (χ0) is 28.7. The van der Waals surface area contributed by atoms with Crippen molar-refractivity contribution in [1.29, 1.82) is 4.78 Å². The van der Waals surface area contributed by atoms with Gasteiger partial charge in [0, 0.05) is 22.3 Å². The Bertz CT molecular complexity index is 1300. The van der Waals surface area contributed by atoms with Crippen LogP contribution in [0.4, 0.5) is 22.4 Å². The second-order valence-electron chi connectivity index (χ2n) is 9.32. The SMILES string of the molecule is [2H]C([2H])([2H])c1cccc(-c2cccc(C[C@H]3[C@@H](NS(=N)(=O)C(F)(F)F)CCN3C(=O)OC(C)(C)C)c2F)c1. The molecule has 0 radical (unpaired) electrons. The third kappa shape index (κ3) is 6.32. The van der Waals surface area contributed by atoms with Crippen LogP contribution in [0.2, 0.25) is 0 Å². The fraction of sp³-hybridized carbons (Fsp3) is 0.458. The van der Waals surface area contributed by atoms with Crippen LogP contribution in [-0.4, -0.2) is 44.9 Å². The number of benzene rings is 2. The van der Waals surface area contributed by atoms with E-state index in [1.54, 1.807) is 20.8 Å². The fourth-order valence-electron chi connectivity index (χ4n) is 3.94. The Labute approximate surface area is 207 Å². The van der Waals surface area contributed by atoms with Gasteiger partial charge in [0.2, 0.25) is 9.92 Å². The van der Waals surface area contributed by atoms with Gasteiger partial charge in [0.05, 0.1) is 6.04 Å². The van der Waals surface area contributed by atoms with Crippen molar-refractivity contribution in [3.8, 4) is 11.1 Å². The Balaban J connectivity index is 2.00. The van der Waals surface area contributed by atoms with Crippen LogP contribution < -0.4 is 4.72 Å². The van der Waals surface area contributed by atoms with Gasteiger partial charge in [-0.05, 0) is 51.6 Å². The first-order chi connectivity index (χ1) is 17.3. The van der Waals surface area contributed by atoms with E-state index < -0.39 is 51.9 Å². The molecule has 2 aromatic carbocycles. The van der Waals surface area contributed by atoms with Crippen LogP contribution in [0.5, 0.6) is 0 Å². The highest BCUT2D eigenvalue weighted by Gasteiger charge is 2.47. The second kappa shape index (κ2) is 9.77. The third-order valence-corrected chi connectivity index (χ3v) is 6.78. The predicted molar refractivity (Wildman–Crippen MR) is 125 cm³/mol. The summed E-state index contributed by atoms with van der Waals surface area (Å²) in [6, 6.07) is 7.73. The van der Waals surface area contributed by atoms with Crippen LogP contribution in [0.15, 0.2) is 42.5 Å². The van der Waals surface area contributed by atoms with E-state index >= 15 is 4.39 Å². The molecule has 0 bridgehead atoms. The Kier molecular flexibility index (Phi) is 6.36. The van der Waals surface area contributed by atoms with Gasteiger partial charge >= 0.3 is 11.6 Å². The van der Waals surface area contributed by atoms with E-state index in [-0.39, 0.29) is 41.6 Å². The lowest BCUT2D eigenvalue weighted by molar-refractivity contribution is -0.0421. The number of rotatable bonds is 5. The summed E-state index contributed by atoms with van der Waals surface area (Å²) in [6.45, 7) is 2.36. The Morgan fingerprint density at radius 1 is 1.26 bits per heavy atom. The number of nitrogens with one attached hydrogen (secondary N) is 2. The summed E-state index contributed by atoms with van der Waals surface area (Å²) < 4.78 is 105. The topological polar surface area (TPSA) is 82.5 Å². The van der Waals surface area contributed by atoms with Crippen molar-refractivity contribution in [3.05, 3.63) is 59.4 Å². The van der Waals surface area contributed by atoms with Gasteiger partial charge in [-0.25, -0.2) is 22.9 Å². The summed E-state index contributed by atoms with van der Waals surface area (Å²) in [4.78, 5) is 14.0. The summed E-state index contributed by atoms with van der Waals surface area (Å²) in [5.41, 5.74) is -5.86. The summed E-state index contributed by atoms with van der Waals surface area (Å²) in [5.74, 6) is -0.743. The molecule has 0 aromatic heterocycles. The molecule has 1 fully saturated rings. The maximum absolute atomic E-state index is 15.7. The molecule has 0 aliphatic carbocycles. The number of likely N-dealkylation sites (tertiary alicyclic amines) is 1. The van der Waals surface area contributed by atoms with Crippen molar-refractivity contribution < 1.29 is 35.4 Å². The first-order valence-corrected chi connectivity index (χ1v) is 12.4. The number of hydrogen-bond acceptors (Lipinski definition) is 4. The molecule has 2 aromatic rings. The van der Waals surface area contributed by atoms with E-state index in [1.165, 1.54) is 42.5 Å². The quantitative estimate of drug-likeness (QED) is 0.492. The van der Waals surface area contributed by atoms with Gasteiger partial charge in [0.15, 0.2) is 0 Å². The first kappa shape index (κ1) is 22.8. The van der Waals surface area contributed by atoms with Crippen LogP contribution in [0.3, 0.4) is 0 Å². The number of nitrogens with zero attached hydrogens (tertiary/aromatic N) is 1. The molecule has 1 unspecified atom stereocenters. The molecule has 1 aliphatic rings. The third-order valence-electron chi connectivity index (χ3n) is 5.50. The lowest BCUT2D eigenvalue weighted by Gasteiger charge is -2.31. The average Bonchev–Trinajstić information content (AvgIpc) is 3.14. The van der Waals surface area contributed by atoms with E-state index in [9.17, 15) is 22.2 Å². The van der Waals surface area contributed by atoms with E-state index in [0.29, 0.717) is 0 Å².